The van der Waals surface area contributed by atoms with Gasteiger partial charge in [0.1, 0.15) is 5.56 Å². The van der Waals surface area contributed by atoms with Gasteiger partial charge in [-0.25, -0.2) is 13.4 Å². The highest BCUT2D eigenvalue weighted by molar-refractivity contribution is 7.92. The molecule has 1 aromatic carbocycles. The molecule has 8 nitrogen and oxygen atoms in total. The highest BCUT2D eigenvalue weighted by Crippen LogP contribution is 2.27. The van der Waals surface area contributed by atoms with Gasteiger partial charge < -0.3 is 0 Å². The lowest BCUT2D eigenvalue weighted by atomic mass is 10.2. The molecule has 148 valence electrons. The zero-order valence-corrected chi connectivity index (χ0v) is 17.8. The molecule has 1 amide bonds. The van der Waals surface area contributed by atoms with Crippen LogP contribution in [0.15, 0.2) is 35.4 Å². The standard InChI is InChI=1S/C18H21N5O3S2/c1-11-6-8-14(9-7-11)28(25,26)23(5)17-15(10-19-22(17)4)16(24)21-18-20-12(2)13(3)27-18/h6-10H,1-5H3,(H,20,21,24). The molecular weight excluding hydrogens is 398 g/mol. The summed E-state index contributed by atoms with van der Waals surface area (Å²) in [6.45, 7) is 5.66. The summed E-state index contributed by atoms with van der Waals surface area (Å²) in [7, 11) is -0.861. The molecule has 0 spiro atoms. The lowest BCUT2D eigenvalue weighted by Gasteiger charge is -2.20. The second-order valence-electron chi connectivity index (χ2n) is 6.41. The van der Waals surface area contributed by atoms with Crippen molar-refractivity contribution in [2.45, 2.75) is 25.7 Å². The van der Waals surface area contributed by atoms with Crippen molar-refractivity contribution in [3.8, 4) is 0 Å². The number of carbonyl (C=O) groups excluding carboxylic acids is 1. The minimum atomic E-state index is -3.85. The third-order valence-electron chi connectivity index (χ3n) is 4.38. The Morgan fingerprint density at radius 1 is 1.18 bits per heavy atom. The van der Waals surface area contributed by atoms with Crippen LogP contribution in [0.4, 0.5) is 10.9 Å². The third kappa shape index (κ3) is 3.65. The largest absolute Gasteiger partial charge is 0.298 e. The van der Waals surface area contributed by atoms with Gasteiger partial charge in [0.25, 0.3) is 15.9 Å². The van der Waals surface area contributed by atoms with Gasteiger partial charge in [0.05, 0.1) is 16.8 Å². The minimum Gasteiger partial charge on any atom is -0.298 e. The van der Waals surface area contributed by atoms with Crippen LogP contribution in [0.25, 0.3) is 0 Å². The van der Waals surface area contributed by atoms with Gasteiger partial charge in [-0.1, -0.05) is 17.7 Å². The second-order valence-corrected chi connectivity index (χ2v) is 9.58. The summed E-state index contributed by atoms with van der Waals surface area (Å²) in [6, 6.07) is 6.53. The second kappa shape index (κ2) is 7.36. The predicted octanol–water partition coefficient (Wildman–Crippen LogP) is 2.88. The minimum absolute atomic E-state index is 0.138. The van der Waals surface area contributed by atoms with Crippen molar-refractivity contribution in [1.29, 1.82) is 0 Å². The molecule has 1 N–H and O–H groups in total. The summed E-state index contributed by atoms with van der Waals surface area (Å²) in [6.07, 6.45) is 1.35. The van der Waals surface area contributed by atoms with Crippen molar-refractivity contribution in [1.82, 2.24) is 14.8 Å². The van der Waals surface area contributed by atoms with Gasteiger partial charge in [0.2, 0.25) is 0 Å². The first-order valence-corrected chi connectivity index (χ1v) is 10.7. The van der Waals surface area contributed by atoms with Crippen LogP contribution in [0.1, 0.15) is 26.5 Å². The van der Waals surface area contributed by atoms with Crippen molar-refractivity contribution < 1.29 is 13.2 Å². The highest BCUT2D eigenvalue weighted by atomic mass is 32.2. The number of aryl methyl sites for hydroxylation is 4. The SMILES string of the molecule is Cc1ccc(S(=O)(=O)N(C)c2c(C(=O)Nc3nc(C)c(C)s3)cnn2C)cc1. The number of aromatic nitrogens is 3. The third-order valence-corrected chi connectivity index (χ3v) is 7.13. The van der Waals surface area contributed by atoms with Gasteiger partial charge in [0.15, 0.2) is 10.9 Å². The van der Waals surface area contributed by atoms with E-state index in [1.54, 1.807) is 31.3 Å². The molecule has 0 aliphatic carbocycles. The number of sulfonamides is 1. The smallest absolute Gasteiger partial charge is 0.265 e. The monoisotopic (exact) mass is 419 g/mol. The maximum absolute atomic E-state index is 13.0. The normalized spacial score (nSPS) is 11.5. The average Bonchev–Trinajstić information content (AvgIpc) is 3.16. The summed E-state index contributed by atoms with van der Waals surface area (Å²) in [5.41, 5.74) is 1.94. The molecule has 0 unspecified atom stereocenters. The van der Waals surface area contributed by atoms with E-state index in [9.17, 15) is 13.2 Å². The highest BCUT2D eigenvalue weighted by Gasteiger charge is 2.28. The molecule has 0 saturated heterocycles. The van der Waals surface area contributed by atoms with Crippen LogP contribution < -0.4 is 9.62 Å². The van der Waals surface area contributed by atoms with Crippen molar-refractivity contribution in [3.63, 3.8) is 0 Å². The van der Waals surface area contributed by atoms with E-state index in [-0.39, 0.29) is 16.3 Å². The van der Waals surface area contributed by atoms with E-state index in [4.69, 9.17) is 0 Å². The molecule has 0 aliphatic rings. The Kier molecular flexibility index (Phi) is 5.26. The predicted molar refractivity (Wildman–Crippen MR) is 110 cm³/mol. The quantitative estimate of drug-likeness (QED) is 0.686. The van der Waals surface area contributed by atoms with Crippen LogP contribution >= 0.6 is 11.3 Å². The Bertz CT molecular complexity index is 1110. The number of thiazole rings is 1. The van der Waals surface area contributed by atoms with Crippen molar-refractivity contribution in [3.05, 3.63) is 52.2 Å². The Balaban J connectivity index is 1.95. The topological polar surface area (TPSA) is 97.2 Å². The lowest BCUT2D eigenvalue weighted by Crippen LogP contribution is -2.30. The lowest BCUT2D eigenvalue weighted by molar-refractivity contribution is 0.102. The van der Waals surface area contributed by atoms with Gasteiger partial charge in [-0.15, -0.1) is 11.3 Å². The molecule has 3 aromatic rings. The number of benzene rings is 1. The zero-order chi connectivity index (χ0) is 20.6. The number of nitrogens with zero attached hydrogens (tertiary/aromatic N) is 4. The fourth-order valence-corrected chi connectivity index (χ4v) is 4.69. The van der Waals surface area contributed by atoms with E-state index in [0.29, 0.717) is 5.13 Å². The molecule has 0 bridgehead atoms. The molecule has 3 rings (SSSR count). The molecule has 0 aliphatic heterocycles. The van der Waals surface area contributed by atoms with Crippen molar-refractivity contribution in [2.24, 2.45) is 7.05 Å². The first-order chi connectivity index (χ1) is 13.1. The summed E-state index contributed by atoms with van der Waals surface area (Å²) < 4.78 is 28.5. The van der Waals surface area contributed by atoms with Gasteiger partial charge in [0, 0.05) is 19.0 Å². The van der Waals surface area contributed by atoms with E-state index in [1.165, 1.54) is 29.3 Å². The van der Waals surface area contributed by atoms with Crippen LogP contribution in [0, 0.1) is 20.8 Å². The van der Waals surface area contributed by atoms with Crippen molar-refractivity contribution >= 4 is 38.2 Å². The average molecular weight is 420 g/mol. The van der Waals surface area contributed by atoms with Gasteiger partial charge >= 0.3 is 0 Å². The first kappa shape index (κ1) is 20.0. The molecule has 0 atom stereocenters. The Labute approximate surface area is 167 Å². The molecule has 0 saturated carbocycles. The molecular formula is C18H21N5O3S2. The van der Waals surface area contributed by atoms with Crippen LogP contribution in [0.5, 0.6) is 0 Å². The van der Waals surface area contributed by atoms with E-state index in [2.05, 4.69) is 15.4 Å². The first-order valence-electron chi connectivity index (χ1n) is 8.44. The molecule has 2 heterocycles. The number of hydrogen-bond acceptors (Lipinski definition) is 6. The molecule has 10 heteroatoms. The number of amides is 1. The van der Waals surface area contributed by atoms with Gasteiger partial charge in [-0.05, 0) is 32.9 Å². The molecule has 0 fully saturated rings. The fraction of sp³-hybridized carbons (Fsp3) is 0.278. The van der Waals surface area contributed by atoms with Crippen LogP contribution in [0.2, 0.25) is 0 Å². The molecule has 2 aromatic heterocycles. The maximum Gasteiger partial charge on any atom is 0.265 e. The number of anilines is 2. The van der Waals surface area contributed by atoms with Crippen LogP contribution in [0.3, 0.4) is 0 Å². The number of rotatable bonds is 5. The zero-order valence-electron chi connectivity index (χ0n) is 16.2. The molecule has 28 heavy (non-hydrogen) atoms. The summed E-state index contributed by atoms with van der Waals surface area (Å²) >= 11 is 1.36. The summed E-state index contributed by atoms with van der Waals surface area (Å²) in [5, 5.41) is 7.26. The number of carbonyl (C=O) groups is 1. The van der Waals surface area contributed by atoms with Crippen LogP contribution in [-0.2, 0) is 17.1 Å². The fourth-order valence-electron chi connectivity index (χ4n) is 2.64. The van der Waals surface area contributed by atoms with E-state index < -0.39 is 15.9 Å². The molecule has 0 radical (unpaired) electrons. The van der Waals surface area contributed by atoms with E-state index in [1.807, 2.05) is 20.8 Å². The summed E-state index contributed by atoms with van der Waals surface area (Å²) in [5.74, 6) is -0.300. The van der Waals surface area contributed by atoms with Gasteiger partial charge in [-0.2, -0.15) is 5.10 Å². The van der Waals surface area contributed by atoms with Crippen molar-refractivity contribution in [2.75, 3.05) is 16.7 Å². The van der Waals surface area contributed by atoms with E-state index >= 15 is 0 Å². The number of nitrogens with one attached hydrogen (secondary N) is 1. The maximum atomic E-state index is 13.0. The Hall–Kier alpha value is -2.72. The van der Waals surface area contributed by atoms with E-state index in [0.717, 1.165) is 20.4 Å². The van der Waals surface area contributed by atoms with Gasteiger partial charge in [-0.3, -0.25) is 19.1 Å². The Morgan fingerprint density at radius 3 is 2.39 bits per heavy atom. The summed E-state index contributed by atoms with van der Waals surface area (Å²) in [4.78, 5) is 18.2. The number of hydrogen-bond donors (Lipinski definition) is 1. The Morgan fingerprint density at radius 2 is 1.82 bits per heavy atom. The van der Waals surface area contributed by atoms with Crippen LogP contribution in [-0.4, -0.2) is 36.1 Å².